The van der Waals surface area contributed by atoms with Crippen LogP contribution in [0, 0.1) is 0 Å². The molecule has 0 aromatic heterocycles. The quantitative estimate of drug-likeness (QED) is 0.853. The molecule has 3 rings (SSSR count). The molecule has 2 atom stereocenters. The van der Waals surface area contributed by atoms with E-state index in [1.807, 2.05) is 24.8 Å². The van der Waals surface area contributed by atoms with Crippen molar-refractivity contribution >= 4 is 11.9 Å². The Balaban J connectivity index is 2.24. The molecule has 4 heteroatoms. The molecule has 0 bridgehead atoms. The summed E-state index contributed by atoms with van der Waals surface area (Å²) in [5.74, 6) is 0.949. The van der Waals surface area contributed by atoms with E-state index in [0.717, 1.165) is 18.4 Å². The van der Waals surface area contributed by atoms with E-state index in [9.17, 15) is 4.79 Å². The second kappa shape index (κ2) is 4.33. The van der Waals surface area contributed by atoms with Crippen LogP contribution in [0.15, 0.2) is 29.3 Å². The SMILES string of the molecule is CC1CCC2(C(N)=NC(=O)N2C(C)C)c2ccccc21. The molecule has 1 aliphatic heterocycles. The van der Waals surface area contributed by atoms with E-state index in [0.29, 0.717) is 11.8 Å². The molecule has 2 N–H and O–H groups in total. The molecule has 1 heterocycles. The molecule has 20 heavy (non-hydrogen) atoms. The van der Waals surface area contributed by atoms with Gasteiger partial charge in [0.2, 0.25) is 0 Å². The van der Waals surface area contributed by atoms with E-state index in [4.69, 9.17) is 5.73 Å². The van der Waals surface area contributed by atoms with Gasteiger partial charge < -0.3 is 10.6 Å². The molecule has 1 spiro atoms. The first-order chi connectivity index (χ1) is 9.48. The average molecular weight is 271 g/mol. The summed E-state index contributed by atoms with van der Waals surface area (Å²) < 4.78 is 0. The number of rotatable bonds is 1. The van der Waals surface area contributed by atoms with Gasteiger partial charge in [0.15, 0.2) is 0 Å². The molecule has 0 saturated carbocycles. The topological polar surface area (TPSA) is 58.7 Å². The zero-order valence-corrected chi connectivity index (χ0v) is 12.3. The van der Waals surface area contributed by atoms with Gasteiger partial charge in [0.05, 0.1) is 0 Å². The van der Waals surface area contributed by atoms with Crippen molar-refractivity contribution < 1.29 is 4.79 Å². The molecule has 1 aromatic rings. The van der Waals surface area contributed by atoms with Gasteiger partial charge in [-0.2, -0.15) is 4.99 Å². The average Bonchev–Trinajstić information content (AvgIpc) is 2.66. The molecule has 0 radical (unpaired) electrons. The molecule has 4 nitrogen and oxygen atoms in total. The Morgan fingerprint density at radius 3 is 2.80 bits per heavy atom. The molecule has 106 valence electrons. The maximum absolute atomic E-state index is 12.2. The second-order valence-corrected chi connectivity index (χ2v) is 6.13. The Hall–Kier alpha value is -1.84. The van der Waals surface area contributed by atoms with Gasteiger partial charge >= 0.3 is 6.03 Å². The Bertz CT molecular complexity index is 593. The van der Waals surface area contributed by atoms with Gasteiger partial charge in [-0.1, -0.05) is 31.2 Å². The van der Waals surface area contributed by atoms with Gasteiger partial charge in [0, 0.05) is 6.04 Å². The van der Waals surface area contributed by atoms with Gasteiger partial charge in [0.25, 0.3) is 0 Å². The van der Waals surface area contributed by atoms with Crippen molar-refractivity contribution in [1.82, 2.24) is 4.90 Å². The van der Waals surface area contributed by atoms with Gasteiger partial charge in [-0.3, -0.25) is 0 Å². The predicted molar refractivity (Wildman–Crippen MR) is 79.8 cm³/mol. The highest BCUT2D eigenvalue weighted by molar-refractivity contribution is 6.06. The number of fused-ring (bicyclic) bond motifs is 2. The number of amidine groups is 1. The van der Waals surface area contributed by atoms with Gasteiger partial charge in [0.1, 0.15) is 11.4 Å². The van der Waals surface area contributed by atoms with Crippen molar-refractivity contribution in [3.63, 3.8) is 0 Å². The molecular formula is C16H21N3O. The second-order valence-electron chi connectivity index (χ2n) is 6.13. The third-order valence-corrected chi connectivity index (χ3v) is 4.65. The zero-order chi connectivity index (χ0) is 14.5. The fourth-order valence-electron chi connectivity index (χ4n) is 3.73. The van der Waals surface area contributed by atoms with Crippen LogP contribution in [-0.4, -0.2) is 22.8 Å². The van der Waals surface area contributed by atoms with E-state index < -0.39 is 5.54 Å². The number of aliphatic imine (C=N–C) groups is 1. The van der Waals surface area contributed by atoms with Crippen LogP contribution in [0.1, 0.15) is 50.7 Å². The van der Waals surface area contributed by atoms with Crippen molar-refractivity contribution in [1.29, 1.82) is 0 Å². The van der Waals surface area contributed by atoms with Crippen LogP contribution < -0.4 is 5.73 Å². The van der Waals surface area contributed by atoms with Gasteiger partial charge in [-0.15, -0.1) is 0 Å². The number of hydrogen-bond donors (Lipinski definition) is 1. The summed E-state index contributed by atoms with van der Waals surface area (Å²) in [6.07, 6.45) is 1.87. The molecule has 1 aromatic carbocycles. The molecular weight excluding hydrogens is 250 g/mol. The van der Waals surface area contributed by atoms with E-state index in [-0.39, 0.29) is 12.1 Å². The van der Waals surface area contributed by atoms with Crippen LogP contribution in [0.25, 0.3) is 0 Å². The molecule has 2 unspecified atom stereocenters. The first kappa shape index (κ1) is 13.2. The number of hydrogen-bond acceptors (Lipinski definition) is 2. The standard InChI is InChI=1S/C16H21N3O/c1-10(2)19-15(20)18-14(17)16(19)9-8-11(3)12-6-4-5-7-13(12)16/h4-7,10-11H,8-9H2,1-3H3,(H2,17,18,20). The third kappa shape index (κ3) is 1.54. The van der Waals surface area contributed by atoms with Crippen molar-refractivity contribution in [2.24, 2.45) is 10.7 Å². The number of nitrogens with zero attached hydrogens (tertiary/aromatic N) is 2. The smallest absolute Gasteiger partial charge is 0.346 e. The predicted octanol–water partition coefficient (Wildman–Crippen LogP) is 2.98. The number of amides is 2. The summed E-state index contributed by atoms with van der Waals surface area (Å²) in [4.78, 5) is 18.2. The summed E-state index contributed by atoms with van der Waals surface area (Å²) in [5.41, 5.74) is 8.12. The van der Waals surface area contributed by atoms with E-state index in [1.54, 1.807) is 0 Å². The lowest BCUT2D eigenvalue weighted by Gasteiger charge is -2.45. The molecule has 2 aliphatic rings. The molecule has 0 saturated heterocycles. The van der Waals surface area contributed by atoms with E-state index in [2.05, 4.69) is 30.1 Å². The van der Waals surface area contributed by atoms with E-state index >= 15 is 0 Å². The zero-order valence-electron chi connectivity index (χ0n) is 12.3. The number of benzene rings is 1. The minimum Gasteiger partial charge on any atom is -0.385 e. The number of carbonyl (C=O) groups excluding carboxylic acids is 1. The van der Waals surface area contributed by atoms with Crippen LogP contribution in [0.4, 0.5) is 4.79 Å². The van der Waals surface area contributed by atoms with Crippen LogP contribution in [0.5, 0.6) is 0 Å². The van der Waals surface area contributed by atoms with Crippen LogP contribution in [0.2, 0.25) is 0 Å². The minimum absolute atomic E-state index is 0.0776. The largest absolute Gasteiger partial charge is 0.385 e. The monoisotopic (exact) mass is 271 g/mol. The summed E-state index contributed by atoms with van der Waals surface area (Å²) in [6.45, 7) is 6.28. The summed E-state index contributed by atoms with van der Waals surface area (Å²) in [5, 5.41) is 0. The van der Waals surface area contributed by atoms with Crippen molar-refractivity contribution in [3.8, 4) is 0 Å². The number of nitrogens with two attached hydrogens (primary N) is 1. The number of carbonyl (C=O) groups is 1. The fraction of sp³-hybridized carbons (Fsp3) is 0.500. The van der Waals surface area contributed by atoms with Crippen molar-refractivity contribution in [2.75, 3.05) is 0 Å². The van der Waals surface area contributed by atoms with Gasteiger partial charge in [-0.25, -0.2) is 4.79 Å². The Labute approximate surface area is 119 Å². The highest BCUT2D eigenvalue weighted by Crippen LogP contribution is 2.48. The first-order valence-corrected chi connectivity index (χ1v) is 7.26. The van der Waals surface area contributed by atoms with E-state index in [1.165, 1.54) is 5.56 Å². The summed E-state index contributed by atoms with van der Waals surface area (Å²) in [7, 11) is 0. The fourth-order valence-corrected chi connectivity index (χ4v) is 3.73. The Morgan fingerprint density at radius 2 is 2.10 bits per heavy atom. The van der Waals surface area contributed by atoms with Crippen LogP contribution in [-0.2, 0) is 5.54 Å². The maximum Gasteiger partial charge on any atom is 0.346 e. The lowest BCUT2D eigenvalue weighted by Crippen LogP contribution is -2.55. The van der Waals surface area contributed by atoms with Gasteiger partial charge in [-0.05, 0) is 43.7 Å². The van der Waals surface area contributed by atoms with Crippen molar-refractivity contribution in [3.05, 3.63) is 35.4 Å². The lowest BCUT2D eigenvalue weighted by molar-refractivity contribution is 0.131. The van der Waals surface area contributed by atoms with Crippen molar-refractivity contribution in [2.45, 2.75) is 51.1 Å². The summed E-state index contributed by atoms with van der Waals surface area (Å²) in [6, 6.07) is 8.19. The first-order valence-electron chi connectivity index (χ1n) is 7.26. The highest BCUT2D eigenvalue weighted by Gasteiger charge is 2.53. The summed E-state index contributed by atoms with van der Waals surface area (Å²) >= 11 is 0. The number of urea groups is 1. The maximum atomic E-state index is 12.2. The van der Waals surface area contributed by atoms with Crippen LogP contribution in [0.3, 0.4) is 0 Å². The lowest BCUT2D eigenvalue weighted by atomic mass is 9.71. The molecule has 2 amide bonds. The third-order valence-electron chi connectivity index (χ3n) is 4.65. The minimum atomic E-state index is -0.533. The normalized spacial score (nSPS) is 29.0. The Kier molecular flexibility index (Phi) is 2.85. The Morgan fingerprint density at radius 1 is 1.40 bits per heavy atom. The molecule has 0 fully saturated rings. The van der Waals surface area contributed by atoms with Crippen LogP contribution >= 0.6 is 0 Å². The molecule has 1 aliphatic carbocycles. The highest BCUT2D eigenvalue weighted by atomic mass is 16.2.